The Hall–Kier alpha value is -1.25. The molecule has 2 nitrogen and oxygen atoms in total. The average molecular weight is 235 g/mol. The first-order valence-electron chi connectivity index (χ1n) is 5.41. The molecular weight excluding hydrogens is 220 g/mol. The first-order valence-corrected chi connectivity index (χ1v) is 5.78. The largest absolute Gasteiger partial charge is 0.331 e. The zero-order chi connectivity index (χ0) is 11.4. The predicted molar refractivity (Wildman–Crippen MR) is 69.2 cm³/mol. The minimum atomic E-state index is 0.448. The second kappa shape index (κ2) is 5.19. The SMILES string of the molecule is NCN(C1=C(Cl)C=CCC1)c1ccccc1. The number of anilines is 1. The number of benzene rings is 1. The number of hydrogen-bond acceptors (Lipinski definition) is 2. The molecule has 0 aliphatic heterocycles. The quantitative estimate of drug-likeness (QED) is 0.814. The van der Waals surface area contributed by atoms with Gasteiger partial charge in [0.05, 0.1) is 11.7 Å². The van der Waals surface area contributed by atoms with Gasteiger partial charge in [-0.2, -0.15) is 0 Å². The van der Waals surface area contributed by atoms with Crippen molar-refractivity contribution in [2.24, 2.45) is 5.73 Å². The summed E-state index contributed by atoms with van der Waals surface area (Å²) in [7, 11) is 0. The van der Waals surface area contributed by atoms with Gasteiger partial charge in [-0.05, 0) is 31.1 Å². The Bertz CT molecular complexity index is 409. The number of rotatable bonds is 3. The van der Waals surface area contributed by atoms with Gasteiger partial charge in [0.2, 0.25) is 0 Å². The number of halogens is 1. The van der Waals surface area contributed by atoms with E-state index in [0.717, 1.165) is 29.3 Å². The zero-order valence-corrected chi connectivity index (χ0v) is 9.82. The third-order valence-electron chi connectivity index (χ3n) is 2.66. The van der Waals surface area contributed by atoms with Crippen molar-refractivity contribution in [3.63, 3.8) is 0 Å². The molecule has 0 aromatic heterocycles. The number of nitrogens with zero attached hydrogens (tertiary/aromatic N) is 1. The van der Waals surface area contributed by atoms with Crippen molar-refractivity contribution in [3.05, 3.63) is 53.2 Å². The molecule has 0 bridgehead atoms. The fourth-order valence-corrected chi connectivity index (χ4v) is 2.15. The van der Waals surface area contributed by atoms with Crippen LogP contribution in [0.2, 0.25) is 0 Å². The van der Waals surface area contributed by atoms with Crippen molar-refractivity contribution in [2.75, 3.05) is 11.6 Å². The molecule has 16 heavy (non-hydrogen) atoms. The molecule has 84 valence electrons. The summed E-state index contributed by atoms with van der Waals surface area (Å²) in [5.41, 5.74) is 8.01. The number of hydrogen-bond donors (Lipinski definition) is 1. The lowest BCUT2D eigenvalue weighted by Crippen LogP contribution is -2.30. The molecular formula is C13H15ClN2. The molecule has 1 aliphatic rings. The number of nitrogens with two attached hydrogens (primary N) is 1. The molecule has 1 aromatic rings. The summed E-state index contributed by atoms with van der Waals surface area (Å²) in [5, 5.41) is 0.792. The van der Waals surface area contributed by atoms with E-state index in [4.69, 9.17) is 17.3 Å². The fraction of sp³-hybridized carbons (Fsp3) is 0.231. The molecule has 0 unspecified atom stereocenters. The van der Waals surface area contributed by atoms with Crippen LogP contribution in [0, 0.1) is 0 Å². The van der Waals surface area contributed by atoms with Crippen LogP contribution in [0.1, 0.15) is 12.8 Å². The third kappa shape index (κ3) is 2.29. The van der Waals surface area contributed by atoms with E-state index in [-0.39, 0.29) is 0 Å². The van der Waals surface area contributed by atoms with Gasteiger partial charge in [-0.3, -0.25) is 0 Å². The maximum Gasteiger partial charge on any atom is 0.0704 e. The summed E-state index contributed by atoms with van der Waals surface area (Å²) >= 11 is 6.20. The summed E-state index contributed by atoms with van der Waals surface area (Å²) < 4.78 is 0. The Morgan fingerprint density at radius 3 is 2.62 bits per heavy atom. The monoisotopic (exact) mass is 234 g/mol. The second-order valence-corrected chi connectivity index (χ2v) is 4.09. The molecule has 0 spiro atoms. The minimum absolute atomic E-state index is 0.448. The van der Waals surface area contributed by atoms with E-state index in [1.807, 2.05) is 36.4 Å². The molecule has 0 fully saturated rings. The van der Waals surface area contributed by atoms with Crippen molar-refractivity contribution >= 4 is 17.3 Å². The Balaban J connectivity index is 2.33. The lowest BCUT2D eigenvalue weighted by Gasteiger charge is -2.27. The van der Waals surface area contributed by atoms with Crippen molar-refractivity contribution in [2.45, 2.75) is 12.8 Å². The van der Waals surface area contributed by atoms with E-state index in [0.29, 0.717) is 6.67 Å². The molecule has 2 N–H and O–H groups in total. The fourth-order valence-electron chi connectivity index (χ4n) is 1.87. The Kier molecular flexibility index (Phi) is 3.65. The van der Waals surface area contributed by atoms with Gasteiger partial charge in [0.15, 0.2) is 0 Å². The van der Waals surface area contributed by atoms with Gasteiger partial charge < -0.3 is 10.6 Å². The normalized spacial score (nSPS) is 15.4. The lowest BCUT2D eigenvalue weighted by atomic mass is 10.1. The van der Waals surface area contributed by atoms with Crippen LogP contribution in [-0.4, -0.2) is 6.67 Å². The van der Waals surface area contributed by atoms with E-state index in [1.165, 1.54) is 0 Å². The van der Waals surface area contributed by atoms with Crippen molar-refractivity contribution in [1.29, 1.82) is 0 Å². The minimum Gasteiger partial charge on any atom is -0.331 e. The van der Waals surface area contributed by atoms with Crippen LogP contribution in [0.4, 0.5) is 5.69 Å². The average Bonchev–Trinajstić information content (AvgIpc) is 2.34. The van der Waals surface area contributed by atoms with E-state index in [1.54, 1.807) is 0 Å². The molecule has 1 aromatic carbocycles. The smallest absolute Gasteiger partial charge is 0.0704 e. The van der Waals surface area contributed by atoms with E-state index < -0.39 is 0 Å². The van der Waals surface area contributed by atoms with Crippen LogP contribution < -0.4 is 10.6 Å². The highest BCUT2D eigenvalue weighted by molar-refractivity contribution is 6.31. The van der Waals surface area contributed by atoms with Crippen LogP contribution in [0.15, 0.2) is 53.2 Å². The molecule has 3 heteroatoms. The van der Waals surface area contributed by atoms with Crippen LogP contribution in [0.5, 0.6) is 0 Å². The van der Waals surface area contributed by atoms with Gasteiger partial charge >= 0.3 is 0 Å². The van der Waals surface area contributed by atoms with Crippen LogP contribution in [0.25, 0.3) is 0 Å². The molecule has 0 heterocycles. The molecule has 0 amide bonds. The van der Waals surface area contributed by atoms with Crippen molar-refractivity contribution in [1.82, 2.24) is 0 Å². The molecule has 0 atom stereocenters. The summed E-state index contributed by atoms with van der Waals surface area (Å²) in [6.07, 6.45) is 6.01. The van der Waals surface area contributed by atoms with Gasteiger partial charge in [0, 0.05) is 11.4 Å². The topological polar surface area (TPSA) is 29.3 Å². The highest BCUT2D eigenvalue weighted by Crippen LogP contribution is 2.28. The van der Waals surface area contributed by atoms with Gasteiger partial charge in [-0.1, -0.05) is 35.9 Å². The molecule has 0 saturated carbocycles. The molecule has 0 radical (unpaired) electrons. The van der Waals surface area contributed by atoms with Crippen molar-refractivity contribution < 1.29 is 0 Å². The molecule has 0 saturated heterocycles. The van der Waals surface area contributed by atoms with Gasteiger partial charge in [-0.25, -0.2) is 0 Å². The lowest BCUT2D eigenvalue weighted by molar-refractivity contribution is 0.829. The number of allylic oxidation sites excluding steroid dienone is 4. The highest BCUT2D eigenvalue weighted by atomic mass is 35.5. The Morgan fingerprint density at radius 1 is 1.25 bits per heavy atom. The van der Waals surface area contributed by atoms with Crippen LogP contribution in [-0.2, 0) is 0 Å². The maximum atomic E-state index is 6.20. The van der Waals surface area contributed by atoms with E-state index in [9.17, 15) is 0 Å². The summed E-state index contributed by atoms with van der Waals surface area (Å²) in [5.74, 6) is 0. The standard InChI is InChI=1S/C13H15ClN2/c14-12-8-4-5-9-13(12)16(10-15)11-6-2-1-3-7-11/h1-4,6-8H,5,9-10,15H2. The van der Waals surface area contributed by atoms with Gasteiger partial charge in [-0.15, -0.1) is 0 Å². The van der Waals surface area contributed by atoms with Gasteiger partial charge in [0.1, 0.15) is 0 Å². The highest BCUT2D eigenvalue weighted by Gasteiger charge is 2.14. The first-order chi connectivity index (χ1) is 7.83. The Morgan fingerprint density at radius 2 is 2.00 bits per heavy atom. The second-order valence-electron chi connectivity index (χ2n) is 3.68. The Labute approximate surface area is 101 Å². The first kappa shape index (κ1) is 11.2. The van der Waals surface area contributed by atoms with E-state index >= 15 is 0 Å². The van der Waals surface area contributed by atoms with E-state index in [2.05, 4.69) is 11.0 Å². The predicted octanol–water partition coefficient (Wildman–Crippen LogP) is 3.21. The zero-order valence-electron chi connectivity index (χ0n) is 9.07. The van der Waals surface area contributed by atoms with Crippen LogP contribution >= 0.6 is 11.6 Å². The summed E-state index contributed by atoms with van der Waals surface area (Å²) in [4.78, 5) is 2.06. The number of para-hydroxylation sites is 1. The third-order valence-corrected chi connectivity index (χ3v) is 3.01. The molecule has 2 rings (SSSR count). The summed E-state index contributed by atoms with van der Waals surface area (Å²) in [6, 6.07) is 10.1. The van der Waals surface area contributed by atoms with Gasteiger partial charge in [0.25, 0.3) is 0 Å². The maximum absolute atomic E-state index is 6.20. The van der Waals surface area contributed by atoms with Crippen LogP contribution in [0.3, 0.4) is 0 Å². The summed E-state index contributed by atoms with van der Waals surface area (Å²) in [6.45, 7) is 0.448. The van der Waals surface area contributed by atoms with Crippen molar-refractivity contribution in [3.8, 4) is 0 Å². The molecule has 1 aliphatic carbocycles.